The van der Waals surface area contributed by atoms with Gasteiger partial charge < -0.3 is 9.80 Å². The van der Waals surface area contributed by atoms with Gasteiger partial charge in [0.05, 0.1) is 0 Å². The lowest BCUT2D eigenvalue weighted by Gasteiger charge is -2.34. The molecule has 1 aromatic rings. The standard InChI is InChI=1S/C16H24N4OS/c1-12(2)15(21)19-8-10-20(11-9-19)16-18-17-14(22-16)13-6-4-3-5-7-13/h13H,1,3-11H2,2H3. The van der Waals surface area contributed by atoms with Crippen molar-refractivity contribution in [2.45, 2.75) is 44.9 Å². The minimum absolute atomic E-state index is 0.0693. The Morgan fingerprint density at radius 3 is 2.45 bits per heavy atom. The SMILES string of the molecule is C=C(C)C(=O)N1CCN(c2nnc(C3CCCCC3)s2)CC1. The Morgan fingerprint density at radius 1 is 1.14 bits per heavy atom. The van der Waals surface area contributed by atoms with Crippen LogP contribution in [0.1, 0.15) is 50.0 Å². The predicted octanol–water partition coefficient (Wildman–Crippen LogP) is 2.81. The molecule has 2 heterocycles. The Hall–Kier alpha value is -1.43. The van der Waals surface area contributed by atoms with Crippen LogP contribution in [0.3, 0.4) is 0 Å². The lowest BCUT2D eigenvalue weighted by Crippen LogP contribution is -2.49. The van der Waals surface area contributed by atoms with Crippen molar-refractivity contribution in [2.24, 2.45) is 0 Å². The van der Waals surface area contributed by atoms with Gasteiger partial charge in [-0.3, -0.25) is 4.79 Å². The highest BCUT2D eigenvalue weighted by molar-refractivity contribution is 7.15. The van der Waals surface area contributed by atoms with E-state index in [0.29, 0.717) is 11.5 Å². The molecule has 0 atom stereocenters. The molecule has 6 heteroatoms. The third kappa shape index (κ3) is 3.32. The lowest BCUT2D eigenvalue weighted by molar-refractivity contribution is -0.127. The van der Waals surface area contributed by atoms with Crippen molar-refractivity contribution in [3.63, 3.8) is 0 Å². The van der Waals surface area contributed by atoms with Gasteiger partial charge in [-0.05, 0) is 19.8 Å². The van der Waals surface area contributed by atoms with E-state index in [4.69, 9.17) is 0 Å². The second-order valence-corrected chi connectivity index (χ2v) is 7.30. The van der Waals surface area contributed by atoms with E-state index >= 15 is 0 Å². The summed E-state index contributed by atoms with van der Waals surface area (Å²) in [7, 11) is 0. The molecular weight excluding hydrogens is 296 g/mol. The van der Waals surface area contributed by atoms with Gasteiger partial charge in [0.2, 0.25) is 11.0 Å². The molecule has 1 saturated heterocycles. The second-order valence-electron chi connectivity index (χ2n) is 6.32. The maximum atomic E-state index is 11.9. The highest BCUT2D eigenvalue weighted by Gasteiger charge is 2.25. The van der Waals surface area contributed by atoms with Crippen LogP contribution in [0.25, 0.3) is 0 Å². The summed E-state index contributed by atoms with van der Waals surface area (Å²) in [5.41, 5.74) is 0.615. The molecule has 1 amide bonds. The molecule has 120 valence electrons. The average molecular weight is 320 g/mol. The fraction of sp³-hybridized carbons (Fsp3) is 0.688. The normalized spacial score (nSPS) is 20.2. The summed E-state index contributed by atoms with van der Waals surface area (Å²) < 4.78 is 0. The third-order valence-corrected chi connectivity index (χ3v) is 5.73. The van der Waals surface area contributed by atoms with E-state index in [0.717, 1.165) is 31.3 Å². The van der Waals surface area contributed by atoms with Crippen molar-refractivity contribution in [1.82, 2.24) is 15.1 Å². The van der Waals surface area contributed by atoms with Crippen molar-refractivity contribution >= 4 is 22.4 Å². The maximum absolute atomic E-state index is 11.9. The van der Waals surface area contributed by atoms with E-state index in [-0.39, 0.29) is 5.91 Å². The molecule has 0 spiro atoms. The molecule has 3 rings (SSSR count). The van der Waals surface area contributed by atoms with Gasteiger partial charge in [0.1, 0.15) is 5.01 Å². The molecule has 1 saturated carbocycles. The first-order valence-electron chi connectivity index (χ1n) is 8.18. The number of hydrogen-bond donors (Lipinski definition) is 0. The van der Waals surface area contributed by atoms with Crippen LogP contribution >= 0.6 is 11.3 Å². The van der Waals surface area contributed by atoms with Gasteiger partial charge in [0, 0.05) is 37.7 Å². The number of carbonyl (C=O) groups is 1. The quantitative estimate of drug-likeness (QED) is 0.804. The Labute approximate surface area is 136 Å². The number of piperazine rings is 1. The zero-order chi connectivity index (χ0) is 15.5. The van der Waals surface area contributed by atoms with E-state index in [1.165, 1.54) is 37.1 Å². The van der Waals surface area contributed by atoms with E-state index in [9.17, 15) is 4.79 Å². The molecule has 0 bridgehead atoms. The van der Waals surface area contributed by atoms with Gasteiger partial charge in [-0.25, -0.2) is 0 Å². The highest BCUT2D eigenvalue weighted by Crippen LogP contribution is 2.36. The fourth-order valence-corrected chi connectivity index (χ4v) is 4.30. The summed E-state index contributed by atoms with van der Waals surface area (Å²) in [6.07, 6.45) is 6.52. The molecular formula is C16H24N4OS. The first-order chi connectivity index (χ1) is 10.6. The van der Waals surface area contributed by atoms with Crippen LogP contribution in [0.4, 0.5) is 5.13 Å². The minimum Gasteiger partial charge on any atom is -0.343 e. The van der Waals surface area contributed by atoms with Crippen LogP contribution < -0.4 is 4.90 Å². The minimum atomic E-state index is 0.0693. The van der Waals surface area contributed by atoms with Gasteiger partial charge in [0.15, 0.2) is 0 Å². The van der Waals surface area contributed by atoms with Crippen molar-refractivity contribution in [3.8, 4) is 0 Å². The summed E-state index contributed by atoms with van der Waals surface area (Å²) in [5, 5.41) is 11.0. The predicted molar refractivity (Wildman–Crippen MR) is 89.3 cm³/mol. The average Bonchev–Trinajstić information content (AvgIpc) is 3.05. The number of hydrogen-bond acceptors (Lipinski definition) is 5. The molecule has 2 aliphatic rings. The van der Waals surface area contributed by atoms with E-state index in [2.05, 4.69) is 21.7 Å². The van der Waals surface area contributed by atoms with Gasteiger partial charge in [0.25, 0.3) is 0 Å². The van der Waals surface area contributed by atoms with Gasteiger partial charge in [-0.2, -0.15) is 0 Å². The molecule has 1 aliphatic carbocycles. The summed E-state index contributed by atoms with van der Waals surface area (Å²) in [6, 6.07) is 0. The molecule has 0 N–H and O–H groups in total. The van der Waals surface area contributed by atoms with Crippen LogP contribution in [0.5, 0.6) is 0 Å². The van der Waals surface area contributed by atoms with E-state index in [1.807, 2.05) is 4.90 Å². The van der Waals surface area contributed by atoms with Crippen LogP contribution in [-0.2, 0) is 4.79 Å². The Balaban J connectivity index is 1.58. The van der Waals surface area contributed by atoms with Crippen LogP contribution in [0, 0.1) is 0 Å². The van der Waals surface area contributed by atoms with E-state index < -0.39 is 0 Å². The summed E-state index contributed by atoms with van der Waals surface area (Å²) in [5.74, 6) is 0.686. The summed E-state index contributed by atoms with van der Waals surface area (Å²) in [4.78, 5) is 16.1. The highest BCUT2D eigenvalue weighted by atomic mass is 32.1. The van der Waals surface area contributed by atoms with Crippen molar-refractivity contribution in [3.05, 3.63) is 17.2 Å². The number of aromatic nitrogens is 2. The fourth-order valence-electron chi connectivity index (χ4n) is 3.24. The lowest BCUT2D eigenvalue weighted by atomic mass is 9.90. The Morgan fingerprint density at radius 2 is 1.82 bits per heavy atom. The summed E-state index contributed by atoms with van der Waals surface area (Å²) >= 11 is 1.74. The van der Waals surface area contributed by atoms with Crippen molar-refractivity contribution in [2.75, 3.05) is 31.1 Å². The van der Waals surface area contributed by atoms with Crippen LogP contribution in [-0.4, -0.2) is 47.2 Å². The monoisotopic (exact) mass is 320 g/mol. The first kappa shape index (κ1) is 15.5. The van der Waals surface area contributed by atoms with Crippen molar-refractivity contribution < 1.29 is 4.79 Å². The topological polar surface area (TPSA) is 49.3 Å². The zero-order valence-electron chi connectivity index (χ0n) is 13.3. The van der Waals surface area contributed by atoms with Gasteiger partial charge in [-0.15, -0.1) is 10.2 Å². The first-order valence-corrected chi connectivity index (χ1v) is 9.00. The Bertz CT molecular complexity index is 542. The maximum Gasteiger partial charge on any atom is 0.249 e. The molecule has 1 aliphatic heterocycles. The number of nitrogens with zero attached hydrogens (tertiary/aromatic N) is 4. The number of anilines is 1. The number of rotatable bonds is 3. The van der Waals surface area contributed by atoms with Gasteiger partial charge >= 0.3 is 0 Å². The molecule has 0 aromatic carbocycles. The number of carbonyl (C=O) groups excluding carboxylic acids is 1. The molecule has 1 aromatic heterocycles. The molecule has 0 radical (unpaired) electrons. The smallest absolute Gasteiger partial charge is 0.249 e. The van der Waals surface area contributed by atoms with Crippen molar-refractivity contribution in [1.29, 1.82) is 0 Å². The molecule has 5 nitrogen and oxygen atoms in total. The largest absolute Gasteiger partial charge is 0.343 e. The molecule has 22 heavy (non-hydrogen) atoms. The van der Waals surface area contributed by atoms with E-state index in [1.54, 1.807) is 18.3 Å². The zero-order valence-corrected chi connectivity index (χ0v) is 14.1. The number of amides is 1. The van der Waals surface area contributed by atoms with Crippen LogP contribution in [0.15, 0.2) is 12.2 Å². The van der Waals surface area contributed by atoms with Gasteiger partial charge in [-0.1, -0.05) is 37.2 Å². The Kier molecular flexibility index (Phi) is 4.76. The second kappa shape index (κ2) is 6.77. The molecule has 0 unspecified atom stereocenters. The summed E-state index contributed by atoms with van der Waals surface area (Å²) in [6.45, 7) is 8.65. The van der Waals surface area contributed by atoms with Crippen LogP contribution in [0.2, 0.25) is 0 Å². The molecule has 2 fully saturated rings. The third-order valence-electron chi connectivity index (χ3n) is 4.59.